The fourth-order valence-corrected chi connectivity index (χ4v) is 1.92. The maximum atomic E-state index is 11.8. The Hall–Kier alpha value is -1.99. The van der Waals surface area contributed by atoms with E-state index in [-0.39, 0.29) is 11.9 Å². The molecule has 0 fully saturated rings. The van der Waals surface area contributed by atoms with Crippen LogP contribution in [-0.2, 0) is 16.1 Å². The summed E-state index contributed by atoms with van der Waals surface area (Å²) in [4.78, 5) is 16.1. The van der Waals surface area contributed by atoms with Crippen LogP contribution in [0.25, 0.3) is 5.65 Å². The third-order valence-electron chi connectivity index (χ3n) is 3.10. The minimum absolute atomic E-state index is 0.0454. The minimum Gasteiger partial charge on any atom is -0.383 e. The lowest BCUT2D eigenvalue weighted by atomic mass is 10.2. The largest absolute Gasteiger partial charge is 0.383 e. The molecule has 2 N–H and O–H groups in total. The van der Waals surface area contributed by atoms with E-state index in [1.165, 1.54) is 0 Å². The van der Waals surface area contributed by atoms with E-state index in [0.717, 1.165) is 16.9 Å². The molecule has 1 amide bonds. The first-order chi connectivity index (χ1) is 10.1. The Morgan fingerprint density at radius 1 is 1.52 bits per heavy atom. The van der Waals surface area contributed by atoms with Crippen molar-refractivity contribution in [1.82, 2.24) is 25.2 Å². The topological polar surface area (TPSA) is 80.5 Å². The average molecular weight is 291 g/mol. The van der Waals surface area contributed by atoms with Crippen LogP contribution in [0.3, 0.4) is 0 Å². The molecule has 2 aromatic heterocycles. The zero-order valence-electron chi connectivity index (χ0n) is 12.6. The van der Waals surface area contributed by atoms with Crippen molar-refractivity contribution in [3.63, 3.8) is 0 Å². The maximum Gasteiger partial charge on any atom is 0.236 e. The number of hydrogen-bond acceptors (Lipinski definition) is 5. The lowest BCUT2D eigenvalue weighted by Crippen LogP contribution is -2.42. The highest BCUT2D eigenvalue weighted by Gasteiger charge is 2.11. The molecule has 0 aliphatic rings. The quantitative estimate of drug-likeness (QED) is 0.716. The fraction of sp³-hybridized carbons (Fsp3) is 0.500. The van der Waals surface area contributed by atoms with E-state index in [1.54, 1.807) is 17.8 Å². The molecule has 0 aromatic carbocycles. The van der Waals surface area contributed by atoms with Gasteiger partial charge in [-0.05, 0) is 13.8 Å². The maximum absolute atomic E-state index is 11.8. The molecular formula is C14H21N5O2. The molecule has 0 spiro atoms. The van der Waals surface area contributed by atoms with Gasteiger partial charge < -0.3 is 15.4 Å². The molecule has 2 aromatic rings. The Balaban J connectivity index is 1.87. The SMILES string of the molecule is COCCNC(=O)C(C)NCc1cnc2cc(C)nn2c1. The van der Waals surface area contributed by atoms with Crippen LogP contribution < -0.4 is 10.6 Å². The number of nitrogens with zero attached hydrogens (tertiary/aromatic N) is 3. The Kier molecular flexibility index (Phi) is 5.24. The van der Waals surface area contributed by atoms with Crippen LogP contribution >= 0.6 is 0 Å². The number of methoxy groups -OCH3 is 1. The summed E-state index contributed by atoms with van der Waals surface area (Å²) in [7, 11) is 1.61. The van der Waals surface area contributed by atoms with Crippen molar-refractivity contribution >= 4 is 11.6 Å². The lowest BCUT2D eigenvalue weighted by molar-refractivity contribution is -0.122. The van der Waals surface area contributed by atoms with Gasteiger partial charge in [0.05, 0.1) is 18.3 Å². The van der Waals surface area contributed by atoms with Crippen molar-refractivity contribution in [3.8, 4) is 0 Å². The van der Waals surface area contributed by atoms with E-state index in [0.29, 0.717) is 19.7 Å². The molecule has 1 unspecified atom stereocenters. The highest BCUT2D eigenvalue weighted by molar-refractivity contribution is 5.81. The van der Waals surface area contributed by atoms with Crippen LogP contribution in [0.2, 0.25) is 0 Å². The number of rotatable bonds is 7. The number of ether oxygens (including phenoxy) is 1. The number of carbonyl (C=O) groups is 1. The van der Waals surface area contributed by atoms with Gasteiger partial charge >= 0.3 is 0 Å². The zero-order valence-corrected chi connectivity index (χ0v) is 12.6. The van der Waals surface area contributed by atoms with Crippen molar-refractivity contribution in [2.75, 3.05) is 20.3 Å². The molecule has 7 nitrogen and oxygen atoms in total. The Labute approximate surface area is 123 Å². The third kappa shape index (κ3) is 4.24. The van der Waals surface area contributed by atoms with Gasteiger partial charge in [-0.2, -0.15) is 5.10 Å². The second kappa shape index (κ2) is 7.14. The number of hydrogen-bond donors (Lipinski definition) is 2. The Bertz CT molecular complexity index is 610. The van der Waals surface area contributed by atoms with E-state index >= 15 is 0 Å². The average Bonchev–Trinajstić information content (AvgIpc) is 2.84. The van der Waals surface area contributed by atoms with Crippen molar-refractivity contribution in [3.05, 3.63) is 29.7 Å². The number of carbonyl (C=O) groups excluding carboxylic acids is 1. The van der Waals surface area contributed by atoms with E-state index in [4.69, 9.17) is 4.74 Å². The number of aromatic nitrogens is 3. The molecule has 21 heavy (non-hydrogen) atoms. The lowest BCUT2D eigenvalue weighted by Gasteiger charge is -2.13. The van der Waals surface area contributed by atoms with E-state index < -0.39 is 0 Å². The van der Waals surface area contributed by atoms with Gasteiger partial charge in [-0.15, -0.1) is 0 Å². The second-order valence-corrected chi connectivity index (χ2v) is 4.94. The first-order valence-corrected chi connectivity index (χ1v) is 6.91. The van der Waals surface area contributed by atoms with Crippen LogP contribution in [0, 0.1) is 6.92 Å². The number of fused-ring (bicyclic) bond motifs is 1. The third-order valence-corrected chi connectivity index (χ3v) is 3.10. The summed E-state index contributed by atoms with van der Waals surface area (Å²) in [5, 5.41) is 10.3. The molecule has 0 radical (unpaired) electrons. The van der Waals surface area contributed by atoms with Crippen LogP contribution in [-0.4, -0.2) is 46.8 Å². The minimum atomic E-state index is -0.281. The van der Waals surface area contributed by atoms with Crippen molar-refractivity contribution in [1.29, 1.82) is 0 Å². The second-order valence-electron chi connectivity index (χ2n) is 4.94. The molecule has 7 heteroatoms. The van der Waals surface area contributed by atoms with Crippen molar-refractivity contribution in [2.24, 2.45) is 0 Å². The van der Waals surface area contributed by atoms with Gasteiger partial charge in [-0.25, -0.2) is 9.50 Å². The first kappa shape index (κ1) is 15.4. The number of amides is 1. The van der Waals surface area contributed by atoms with Crippen LogP contribution in [0.1, 0.15) is 18.2 Å². The monoisotopic (exact) mass is 291 g/mol. The highest BCUT2D eigenvalue weighted by atomic mass is 16.5. The Morgan fingerprint density at radius 3 is 3.10 bits per heavy atom. The summed E-state index contributed by atoms with van der Waals surface area (Å²) in [5.41, 5.74) is 2.72. The van der Waals surface area contributed by atoms with Crippen LogP contribution in [0.4, 0.5) is 0 Å². The summed E-state index contributed by atoms with van der Waals surface area (Å²) in [6.45, 7) is 5.34. The van der Waals surface area contributed by atoms with Crippen molar-refractivity contribution in [2.45, 2.75) is 26.4 Å². The fourth-order valence-electron chi connectivity index (χ4n) is 1.92. The van der Waals surface area contributed by atoms with E-state index in [1.807, 2.05) is 26.1 Å². The molecule has 1 atom stereocenters. The molecule has 0 bridgehead atoms. The van der Waals surface area contributed by atoms with Gasteiger partial charge in [-0.1, -0.05) is 0 Å². The van der Waals surface area contributed by atoms with Crippen LogP contribution in [0.5, 0.6) is 0 Å². The molecule has 114 valence electrons. The number of aryl methyl sites for hydroxylation is 1. The van der Waals surface area contributed by atoms with Gasteiger partial charge in [0.2, 0.25) is 5.91 Å². The predicted molar refractivity (Wildman–Crippen MR) is 78.9 cm³/mol. The number of nitrogens with one attached hydrogen (secondary N) is 2. The van der Waals surface area contributed by atoms with E-state index in [2.05, 4.69) is 20.7 Å². The molecule has 0 aliphatic carbocycles. The Morgan fingerprint density at radius 2 is 2.33 bits per heavy atom. The zero-order chi connectivity index (χ0) is 15.2. The van der Waals surface area contributed by atoms with Crippen LogP contribution in [0.15, 0.2) is 18.5 Å². The standard InChI is InChI=1S/C14H21N5O2/c1-10-6-13-17-8-12(9-19(13)18-10)7-16-11(2)14(20)15-4-5-21-3/h6,8-9,11,16H,4-5,7H2,1-3H3,(H,15,20). The molecule has 0 saturated heterocycles. The summed E-state index contributed by atoms with van der Waals surface area (Å²) in [6.07, 6.45) is 3.71. The van der Waals surface area contributed by atoms with Gasteiger partial charge in [0.15, 0.2) is 5.65 Å². The van der Waals surface area contributed by atoms with Crippen molar-refractivity contribution < 1.29 is 9.53 Å². The highest BCUT2D eigenvalue weighted by Crippen LogP contribution is 2.04. The molecule has 2 heterocycles. The van der Waals surface area contributed by atoms with Gasteiger partial charge in [0.1, 0.15) is 0 Å². The molecule has 0 aliphatic heterocycles. The molecule has 2 rings (SSSR count). The summed E-state index contributed by atoms with van der Waals surface area (Å²) >= 11 is 0. The summed E-state index contributed by atoms with van der Waals surface area (Å²) < 4.78 is 6.64. The summed E-state index contributed by atoms with van der Waals surface area (Å²) in [5.74, 6) is -0.0454. The summed E-state index contributed by atoms with van der Waals surface area (Å²) in [6, 6.07) is 1.64. The van der Waals surface area contributed by atoms with Gasteiger partial charge in [-0.3, -0.25) is 4.79 Å². The molecule has 0 saturated carbocycles. The normalized spacial score (nSPS) is 12.5. The first-order valence-electron chi connectivity index (χ1n) is 6.91. The molecular weight excluding hydrogens is 270 g/mol. The van der Waals surface area contributed by atoms with Gasteiger partial charge in [0, 0.05) is 44.2 Å². The van der Waals surface area contributed by atoms with E-state index in [9.17, 15) is 4.79 Å². The smallest absolute Gasteiger partial charge is 0.236 e. The van der Waals surface area contributed by atoms with Gasteiger partial charge in [0.25, 0.3) is 0 Å². The predicted octanol–water partition coefficient (Wildman–Crippen LogP) is 0.278.